The largest absolute Gasteiger partial charge is 0.481 e. The van der Waals surface area contributed by atoms with Crippen LogP contribution in [0.4, 0.5) is 0 Å². The number of nitrogens with zero attached hydrogens (tertiary/aromatic N) is 2. The molecule has 0 aliphatic heterocycles. The van der Waals surface area contributed by atoms with Crippen molar-refractivity contribution < 1.29 is 4.74 Å². The van der Waals surface area contributed by atoms with Crippen molar-refractivity contribution in [3.05, 3.63) is 42.4 Å². The first-order valence-corrected chi connectivity index (χ1v) is 5.29. The quantitative estimate of drug-likeness (QED) is 0.788. The molecule has 0 amide bonds. The van der Waals surface area contributed by atoms with Crippen molar-refractivity contribution in [1.82, 2.24) is 9.97 Å². The van der Waals surface area contributed by atoms with Crippen LogP contribution in [0.1, 0.15) is 12.6 Å². The highest BCUT2D eigenvalue weighted by Crippen LogP contribution is 2.24. The molecule has 3 nitrogen and oxygen atoms in total. The van der Waals surface area contributed by atoms with Gasteiger partial charge in [-0.15, -0.1) is 0 Å². The molecule has 2 aromatic rings. The molecule has 0 spiro atoms. The molecular formula is C13H14N2O. The van der Waals surface area contributed by atoms with Crippen LogP contribution in [0.25, 0.3) is 11.1 Å². The van der Waals surface area contributed by atoms with Crippen molar-refractivity contribution >= 4 is 0 Å². The van der Waals surface area contributed by atoms with E-state index in [1.54, 1.807) is 13.3 Å². The summed E-state index contributed by atoms with van der Waals surface area (Å²) in [7, 11) is 1.63. The molecule has 0 aliphatic carbocycles. The van der Waals surface area contributed by atoms with Gasteiger partial charge in [-0.1, -0.05) is 13.0 Å². The number of aryl methyl sites for hydroxylation is 1. The van der Waals surface area contributed by atoms with Gasteiger partial charge in [-0.25, -0.2) is 4.98 Å². The molecule has 2 aromatic heterocycles. The zero-order chi connectivity index (χ0) is 11.4. The van der Waals surface area contributed by atoms with Crippen LogP contribution in [0.5, 0.6) is 5.88 Å². The molecule has 16 heavy (non-hydrogen) atoms. The summed E-state index contributed by atoms with van der Waals surface area (Å²) in [4.78, 5) is 8.56. The Balaban J connectivity index is 2.49. The number of aromatic nitrogens is 2. The zero-order valence-electron chi connectivity index (χ0n) is 9.47. The van der Waals surface area contributed by atoms with Crippen molar-refractivity contribution in [2.24, 2.45) is 0 Å². The van der Waals surface area contributed by atoms with Gasteiger partial charge in [0.2, 0.25) is 5.88 Å². The predicted molar refractivity (Wildman–Crippen MR) is 63.4 cm³/mol. The highest BCUT2D eigenvalue weighted by Gasteiger charge is 2.06. The van der Waals surface area contributed by atoms with Crippen LogP contribution < -0.4 is 4.74 Å². The molecule has 0 N–H and O–H groups in total. The molecule has 0 atom stereocenters. The monoisotopic (exact) mass is 214 g/mol. The summed E-state index contributed by atoms with van der Waals surface area (Å²) in [5, 5.41) is 0. The van der Waals surface area contributed by atoms with Crippen LogP contribution in [0.3, 0.4) is 0 Å². The van der Waals surface area contributed by atoms with Crippen molar-refractivity contribution in [3.63, 3.8) is 0 Å². The Morgan fingerprint density at radius 1 is 1.25 bits per heavy atom. The van der Waals surface area contributed by atoms with Crippen LogP contribution in [-0.2, 0) is 6.42 Å². The number of ether oxygens (including phenoxy) is 1. The van der Waals surface area contributed by atoms with E-state index in [9.17, 15) is 0 Å². The Hall–Kier alpha value is -1.90. The first kappa shape index (κ1) is 10.6. The molecule has 2 rings (SSSR count). The van der Waals surface area contributed by atoms with Gasteiger partial charge in [0.1, 0.15) is 0 Å². The number of hydrogen-bond acceptors (Lipinski definition) is 3. The highest BCUT2D eigenvalue weighted by molar-refractivity contribution is 5.65. The van der Waals surface area contributed by atoms with E-state index in [4.69, 9.17) is 4.74 Å². The lowest BCUT2D eigenvalue weighted by atomic mass is 10.0. The molecule has 0 saturated heterocycles. The van der Waals surface area contributed by atoms with E-state index in [0.29, 0.717) is 5.88 Å². The van der Waals surface area contributed by atoms with Crippen molar-refractivity contribution in [3.8, 4) is 17.0 Å². The topological polar surface area (TPSA) is 35.0 Å². The molecule has 0 saturated carbocycles. The molecule has 3 heteroatoms. The third-order valence-corrected chi connectivity index (χ3v) is 2.47. The fourth-order valence-electron chi connectivity index (χ4n) is 1.65. The molecule has 82 valence electrons. The number of pyridine rings is 2. The Kier molecular flexibility index (Phi) is 3.15. The lowest BCUT2D eigenvalue weighted by Gasteiger charge is -2.08. The SMILES string of the molecule is CCc1nc(OC)ccc1-c1cccnc1. The molecule has 2 heterocycles. The van der Waals surface area contributed by atoms with Crippen LogP contribution in [-0.4, -0.2) is 17.1 Å². The summed E-state index contributed by atoms with van der Waals surface area (Å²) in [6.07, 6.45) is 4.50. The maximum absolute atomic E-state index is 5.12. The Labute approximate surface area is 95.1 Å². The van der Waals surface area contributed by atoms with Crippen LogP contribution in [0, 0.1) is 0 Å². The van der Waals surface area contributed by atoms with Gasteiger partial charge in [0, 0.05) is 29.6 Å². The van der Waals surface area contributed by atoms with Gasteiger partial charge in [-0.3, -0.25) is 4.98 Å². The maximum atomic E-state index is 5.12. The van der Waals surface area contributed by atoms with E-state index < -0.39 is 0 Å². The van der Waals surface area contributed by atoms with Gasteiger partial charge in [0.15, 0.2) is 0 Å². The second-order valence-electron chi connectivity index (χ2n) is 3.44. The molecule has 0 aromatic carbocycles. The fraction of sp³-hybridized carbons (Fsp3) is 0.231. The summed E-state index contributed by atoms with van der Waals surface area (Å²) >= 11 is 0. The van der Waals surface area contributed by atoms with Gasteiger partial charge < -0.3 is 4.74 Å². The van der Waals surface area contributed by atoms with Gasteiger partial charge >= 0.3 is 0 Å². The smallest absolute Gasteiger partial charge is 0.213 e. The Morgan fingerprint density at radius 2 is 2.12 bits per heavy atom. The first-order valence-electron chi connectivity index (χ1n) is 5.29. The van der Waals surface area contributed by atoms with Gasteiger partial charge in [-0.2, -0.15) is 0 Å². The number of methoxy groups -OCH3 is 1. The van der Waals surface area contributed by atoms with E-state index in [-0.39, 0.29) is 0 Å². The lowest BCUT2D eigenvalue weighted by molar-refractivity contribution is 0.396. The summed E-state index contributed by atoms with van der Waals surface area (Å²) in [5.74, 6) is 0.657. The fourth-order valence-corrected chi connectivity index (χ4v) is 1.65. The van der Waals surface area contributed by atoms with E-state index in [0.717, 1.165) is 23.2 Å². The summed E-state index contributed by atoms with van der Waals surface area (Å²) < 4.78 is 5.12. The number of rotatable bonds is 3. The molecule has 0 unspecified atom stereocenters. The van der Waals surface area contributed by atoms with Gasteiger partial charge in [0.25, 0.3) is 0 Å². The summed E-state index contributed by atoms with van der Waals surface area (Å²) in [6.45, 7) is 2.08. The summed E-state index contributed by atoms with van der Waals surface area (Å²) in [5.41, 5.74) is 3.25. The van der Waals surface area contributed by atoms with Crippen molar-refractivity contribution in [1.29, 1.82) is 0 Å². The molecule has 0 radical (unpaired) electrons. The first-order chi connectivity index (χ1) is 7.85. The Morgan fingerprint density at radius 3 is 2.75 bits per heavy atom. The second kappa shape index (κ2) is 4.75. The van der Waals surface area contributed by atoms with E-state index in [1.807, 2.05) is 30.5 Å². The molecular weight excluding hydrogens is 200 g/mol. The molecule has 0 bridgehead atoms. The molecule has 0 aliphatic rings. The van der Waals surface area contributed by atoms with E-state index in [2.05, 4.69) is 16.9 Å². The van der Waals surface area contributed by atoms with E-state index >= 15 is 0 Å². The zero-order valence-corrected chi connectivity index (χ0v) is 9.47. The summed E-state index contributed by atoms with van der Waals surface area (Å²) in [6, 6.07) is 7.87. The van der Waals surface area contributed by atoms with Gasteiger partial charge in [0.05, 0.1) is 12.8 Å². The van der Waals surface area contributed by atoms with Crippen molar-refractivity contribution in [2.45, 2.75) is 13.3 Å². The number of hydrogen-bond donors (Lipinski definition) is 0. The van der Waals surface area contributed by atoms with Crippen molar-refractivity contribution in [2.75, 3.05) is 7.11 Å². The second-order valence-corrected chi connectivity index (χ2v) is 3.44. The maximum Gasteiger partial charge on any atom is 0.213 e. The Bertz CT molecular complexity index is 469. The van der Waals surface area contributed by atoms with E-state index in [1.165, 1.54) is 0 Å². The minimum atomic E-state index is 0.657. The predicted octanol–water partition coefficient (Wildman–Crippen LogP) is 2.71. The highest BCUT2D eigenvalue weighted by atomic mass is 16.5. The average molecular weight is 214 g/mol. The van der Waals surface area contributed by atoms with Gasteiger partial charge in [-0.05, 0) is 18.6 Å². The standard InChI is InChI=1S/C13H14N2O/c1-3-12-11(6-7-13(15-12)16-2)10-5-4-8-14-9-10/h4-9H,3H2,1-2H3. The van der Waals surface area contributed by atoms with Crippen LogP contribution in [0.2, 0.25) is 0 Å². The average Bonchev–Trinajstić information content (AvgIpc) is 2.39. The normalized spacial score (nSPS) is 10.1. The lowest BCUT2D eigenvalue weighted by Crippen LogP contribution is -1.95. The molecule has 0 fully saturated rings. The minimum absolute atomic E-state index is 0.657. The minimum Gasteiger partial charge on any atom is -0.481 e. The van der Waals surface area contributed by atoms with Crippen LogP contribution in [0.15, 0.2) is 36.7 Å². The third-order valence-electron chi connectivity index (χ3n) is 2.47. The third kappa shape index (κ3) is 2.03. The van der Waals surface area contributed by atoms with Crippen LogP contribution >= 0.6 is 0 Å².